The van der Waals surface area contributed by atoms with Crippen LogP contribution in [0.15, 0.2) is 48.6 Å². The van der Waals surface area contributed by atoms with E-state index in [1.165, 1.54) is 0 Å². The van der Waals surface area contributed by atoms with Crippen molar-refractivity contribution in [3.05, 3.63) is 75.3 Å². The second-order valence-corrected chi connectivity index (χ2v) is 7.00. The number of halogens is 2. The molecule has 0 bridgehead atoms. The van der Waals surface area contributed by atoms with Crippen LogP contribution < -0.4 is 5.32 Å². The van der Waals surface area contributed by atoms with Gasteiger partial charge < -0.3 is 10.4 Å². The quantitative estimate of drug-likeness (QED) is 0.694. The summed E-state index contributed by atoms with van der Waals surface area (Å²) in [6.45, 7) is 0. The zero-order chi connectivity index (χ0) is 16.8. The Morgan fingerprint density at radius 1 is 1.12 bits per heavy atom. The summed E-state index contributed by atoms with van der Waals surface area (Å²) in [4.78, 5) is 11.6. The van der Waals surface area contributed by atoms with E-state index in [9.17, 15) is 9.90 Å². The molecule has 0 saturated heterocycles. The number of benzene rings is 2. The Labute approximate surface area is 149 Å². The second-order valence-electron chi connectivity index (χ2n) is 6.19. The van der Waals surface area contributed by atoms with Crippen molar-refractivity contribution in [2.24, 2.45) is 5.92 Å². The van der Waals surface area contributed by atoms with Crippen LogP contribution >= 0.6 is 23.2 Å². The normalized spacial score (nSPS) is 24.2. The van der Waals surface area contributed by atoms with Crippen LogP contribution in [0.25, 0.3) is 0 Å². The van der Waals surface area contributed by atoms with Crippen molar-refractivity contribution in [3.8, 4) is 0 Å². The molecule has 0 aromatic heterocycles. The molecule has 122 valence electrons. The van der Waals surface area contributed by atoms with Gasteiger partial charge in [0.15, 0.2) is 0 Å². The molecular formula is C19H15Cl2NO2. The molecule has 3 nitrogen and oxygen atoms in total. The Morgan fingerprint density at radius 3 is 2.67 bits per heavy atom. The highest BCUT2D eigenvalue weighted by Gasteiger charge is 2.40. The molecule has 1 heterocycles. The summed E-state index contributed by atoms with van der Waals surface area (Å²) in [5.74, 6) is -0.564. The minimum Gasteiger partial charge on any atom is -0.478 e. The Bertz CT molecular complexity index is 862. The Hall–Kier alpha value is -1.97. The average Bonchev–Trinajstić information content (AvgIpc) is 3.06. The van der Waals surface area contributed by atoms with Gasteiger partial charge in [0.1, 0.15) is 0 Å². The highest BCUT2D eigenvalue weighted by Crippen LogP contribution is 2.53. The van der Waals surface area contributed by atoms with Crippen molar-refractivity contribution in [1.29, 1.82) is 0 Å². The predicted octanol–water partition coefficient (Wildman–Crippen LogP) is 5.52. The molecule has 2 aromatic carbocycles. The highest BCUT2D eigenvalue weighted by molar-refractivity contribution is 6.36. The van der Waals surface area contributed by atoms with Crippen molar-refractivity contribution in [2.45, 2.75) is 18.4 Å². The minimum atomic E-state index is -0.919. The Balaban J connectivity index is 1.88. The van der Waals surface area contributed by atoms with Gasteiger partial charge in [-0.25, -0.2) is 4.79 Å². The van der Waals surface area contributed by atoms with Crippen molar-refractivity contribution >= 4 is 34.9 Å². The fraction of sp³-hybridized carbons (Fsp3) is 0.211. The number of fused-ring (bicyclic) bond motifs is 3. The number of hydrogen-bond donors (Lipinski definition) is 2. The molecule has 2 aromatic rings. The lowest BCUT2D eigenvalue weighted by atomic mass is 9.76. The minimum absolute atomic E-state index is 0.124. The van der Waals surface area contributed by atoms with Gasteiger partial charge in [0.2, 0.25) is 0 Å². The molecule has 1 aliphatic heterocycles. The van der Waals surface area contributed by atoms with E-state index in [-0.39, 0.29) is 17.9 Å². The van der Waals surface area contributed by atoms with Gasteiger partial charge in [0.05, 0.1) is 22.3 Å². The van der Waals surface area contributed by atoms with E-state index in [2.05, 4.69) is 17.5 Å². The van der Waals surface area contributed by atoms with Gasteiger partial charge >= 0.3 is 5.97 Å². The molecule has 2 aliphatic rings. The number of carboxylic acids is 1. The average molecular weight is 360 g/mol. The molecule has 4 rings (SSSR count). The molecule has 2 N–H and O–H groups in total. The third kappa shape index (κ3) is 2.31. The van der Waals surface area contributed by atoms with Gasteiger partial charge in [0.25, 0.3) is 0 Å². The van der Waals surface area contributed by atoms with Crippen molar-refractivity contribution < 1.29 is 9.90 Å². The number of allylic oxidation sites excluding steroid dienone is 2. The first kappa shape index (κ1) is 15.6. The highest BCUT2D eigenvalue weighted by atomic mass is 35.5. The molecule has 0 saturated carbocycles. The summed E-state index contributed by atoms with van der Waals surface area (Å²) in [5.41, 5.74) is 2.92. The first-order valence-corrected chi connectivity index (χ1v) is 8.57. The zero-order valence-electron chi connectivity index (χ0n) is 12.7. The zero-order valence-corrected chi connectivity index (χ0v) is 14.2. The van der Waals surface area contributed by atoms with Gasteiger partial charge in [-0.15, -0.1) is 0 Å². The van der Waals surface area contributed by atoms with Crippen molar-refractivity contribution in [2.75, 3.05) is 5.32 Å². The number of carboxylic acid groups (broad SMARTS) is 1. The van der Waals surface area contributed by atoms with Gasteiger partial charge in [-0.2, -0.15) is 0 Å². The molecule has 0 amide bonds. The molecule has 0 radical (unpaired) electrons. The van der Waals surface area contributed by atoms with E-state index < -0.39 is 5.97 Å². The Kier molecular flexibility index (Phi) is 3.78. The molecule has 5 heteroatoms. The van der Waals surface area contributed by atoms with E-state index in [1.807, 2.05) is 18.2 Å². The number of nitrogens with one attached hydrogen (secondary N) is 1. The molecule has 0 fully saturated rings. The fourth-order valence-electron chi connectivity index (χ4n) is 3.90. The first-order chi connectivity index (χ1) is 11.6. The summed E-state index contributed by atoms with van der Waals surface area (Å²) in [6, 6.07) is 10.6. The van der Waals surface area contributed by atoms with Crippen molar-refractivity contribution in [1.82, 2.24) is 0 Å². The largest absolute Gasteiger partial charge is 0.478 e. The number of carbonyl (C=O) groups is 1. The third-order valence-electron chi connectivity index (χ3n) is 4.94. The smallest absolute Gasteiger partial charge is 0.336 e. The lowest BCUT2D eigenvalue weighted by molar-refractivity contribution is 0.0694. The summed E-state index contributed by atoms with van der Waals surface area (Å²) in [7, 11) is 0. The lowest BCUT2D eigenvalue weighted by Crippen LogP contribution is -2.30. The molecule has 1 aliphatic carbocycles. The van der Waals surface area contributed by atoms with Crippen LogP contribution in [0.3, 0.4) is 0 Å². The molecule has 3 atom stereocenters. The summed E-state index contributed by atoms with van der Waals surface area (Å²) >= 11 is 12.8. The summed E-state index contributed by atoms with van der Waals surface area (Å²) < 4.78 is 0. The first-order valence-electron chi connectivity index (χ1n) is 7.81. The van der Waals surface area contributed by atoms with Crippen LogP contribution in [0.1, 0.15) is 39.9 Å². The van der Waals surface area contributed by atoms with Crippen LogP contribution in [-0.2, 0) is 0 Å². The van der Waals surface area contributed by atoms with Crippen LogP contribution in [-0.4, -0.2) is 11.1 Å². The SMILES string of the molecule is O=C(O)c1ccccc1[C@@H]1Nc2c(Cl)ccc(Cl)c2[C@H]2C=CC[C@H]21. The second kappa shape index (κ2) is 5.83. The number of rotatable bonds is 2. The maximum absolute atomic E-state index is 11.6. The number of hydrogen-bond acceptors (Lipinski definition) is 2. The molecular weight excluding hydrogens is 345 g/mol. The van der Waals surface area contributed by atoms with Crippen LogP contribution in [0.4, 0.5) is 5.69 Å². The summed E-state index contributed by atoms with van der Waals surface area (Å²) in [6.07, 6.45) is 5.17. The molecule has 0 unspecified atom stereocenters. The monoisotopic (exact) mass is 359 g/mol. The Morgan fingerprint density at radius 2 is 1.88 bits per heavy atom. The van der Waals surface area contributed by atoms with Gasteiger partial charge in [-0.05, 0) is 36.1 Å². The number of anilines is 1. The van der Waals surface area contributed by atoms with Crippen LogP contribution in [0.2, 0.25) is 10.0 Å². The van der Waals surface area contributed by atoms with E-state index in [0.717, 1.165) is 23.2 Å². The standard InChI is InChI=1S/C19H15Cl2NO2/c20-14-8-9-15(21)18-16(14)10-6-3-7-11(10)17(22-18)12-4-1-2-5-13(12)19(23)24/h1-6,8-11,17,22H,7H2,(H,23,24)/t10-,11+,17+/m0/s1. The van der Waals surface area contributed by atoms with E-state index >= 15 is 0 Å². The van der Waals surface area contributed by atoms with E-state index in [4.69, 9.17) is 23.2 Å². The molecule has 24 heavy (non-hydrogen) atoms. The number of aromatic carboxylic acids is 1. The van der Waals surface area contributed by atoms with E-state index in [0.29, 0.717) is 15.6 Å². The van der Waals surface area contributed by atoms with Gasteiger partial charge in [0, 0.05) is 16.5 Å². The van der Waals surface area contributed by atoms with Gasteiger partial charge in [-0.3, -0.25) is 0 Å². The maximum Gasteiger partial charge on any atom is 0.336 e. The maximum atomic E-state index is 11.6. The summed E-state index contributed by atoms with van der Waals surface area (Å²) in [5, 5.41) is 14.3. The third-order valence-corrected chi connectivity index (χ3v) is 5.59. The fourth-order valence-corrected chi connectivity index (χ4v) is 4.40. The van der Waals surface area contributed by atoms with E-state index in [1.54, 1.807) is 18.2 Å². The predicted molar refractivity (Wildman–Crippen MR) is 96.2 cm³/mol. The molecule has 0 spiro atoms. The topological polar surface area (TPSA) is 49.3 Å². The van der Waals surface area contributed by atoms with Gasteiger partial charge in [-0.1, -0.05) is 53.6 Å². The van der Waals surface area contributed by atoms with Crippen LogP contribution in [0.5, 0.6) is 0 Å². The van der Waals surface area contributed by atoms with Crippen LogP contribution in [0, 0.1) is 5.92 Å². The lowest BCUT2D eigenvalue weighted by Gasteiger charge is -2.38. The van der Waals surface area contributed by atoms with Crippen molar-refractivity contribution in [3.63, 3.8) is 0 Å².